The van der Waals surface area contributed by atoms with E-state index in [9.17, 15) is 22.0 Å². The maximum absolute atomic E-state index is 15.5. The number of aliphatic imine (C=N–C) groups is 1. The average molecular weight is 561 g/mol. The van der Waals surface area contributed by atoms with Crippen LogP contribution >= 0.6 is 0 Å². The van der Waals surface area contributed by atoms with Crippen molar-refractivity contribution in [2.24, 2.45) is 4.99 Å². The maximum Gasteiger partial charge on any atom is 0.262 e. The summed E-state index contributed by atoms with van der Waals surface area (Å²) in [6.07, 6.45) is 2.92. The Kier molecular flexibility index (Phi) is 6.03. The van der Waals surface area contributed by atoms with Gasteiger partial charge in [0.25, 0.3) is 10.0 Å². The molecule has 11 heteroatoms. The highest BCUT2D eigenvalue weighted by Gasteiger charge is 2.27. The number of halogens is 3. The number of carbonyl (C=O) groups excluding carboxylic acids is 1. The van der Waals surface area contributed by atoms with Crippen LogP contribution in [0.3, 0.4) is 0 Å². The summed E-state index contributed by atoms with van der Waals surface area (Å²) < 4.78 is 71.3. The van der Waals surface area contributed by atoms with Gasteiger partial charge in [0.2, 0.25) is 5.78 Å². The van der Waals surface area contributed by atoms with Gasteiger partial charge in [0.05, 0.1) is 22.7 Å². The molecule has 3 aromatic carbocycles. The molecule has 2 N–H and O–H groups in total. The van der Waals surface area contributed by atoms with Crippen LogP contribution in [-0.4, -0.2) is 29.9 Å². The van der Waals surface area contributed by atoms with E-state index in [-0.39, 0.29) is 5.56 Å². The first-order chi connectivity index (χ1) is 19.1. The number of hydrogen-bond donors (Lipinski definition) is 2. The number of benzene rings is 3. The number of carbonyl (C=O) groups is 1. The van der Waals surface area contributed by atoms with E-state index in [4.69, 9.17) is 0 Å². The Morgan fingerprint density at radius 3 is 2.62 bits per heavy atom. The van der Waals surface area contributed by atoms with E-state index in [2.05, 4.69) is 15.0 Å². The minimum Gasteiger partial charge on any atom is -0.345 e. The molecule has 1 aliphatic heterocycles. The van der Waals surface area contributed by atoms with Gasteiger partial charge in [-0.25, -0.2) is 26.6 Å². The van der Waals surface area contributed by atoms with Gasteiger partial charge in [-0.05, 0) is 60.5 Å². The Hall–Kier alpha value is -4.77. The fourth-order valence-corrected chi connectivity index (χ4v) is 5.77. The molecule has 6 rings (SSSR count). The molecule has 5 aromatic rings. The lowest BCUT2D eigenvalue weighted by atomic mass is 9.97. The molecule has 40 heavy (non-hydrogen) atoms. The zero-order valence-electron chi connectivity index (χ0n) is 20.8. The first kappa shape index (κ1) is 25.5. The number of nitrogens with zero attached hydrogens (tertiary/aromatic N) is 2. The van der Waals surface area contributed by atoms with Crippen molar-refractivity contribution in [3.8, 4) is 11.1 Å². The minimum atomic E-state index is -4.44. The zero-order valence-corrected chi connectivity index (χ0v) is 21.6. The number of fused-ring (bicyclic) bond motifs is 2. The number of nitrogens with one attached hydrogen (secondary N) is 2. The summed E-state index contributed by atoms with van der Waals surface area (Å²) in [4.78, 5) is 24.7. The maximum atomic E-state index is 15.5. The van der Waals surface area contributed by atoms with Crippen LogP contribution in [0.15, 0.2) is 82.9 Å². The van der Waals surface area contributed by atoms with Gasteiger partial charge in [-0.3, -0.25) is 14.5 Å². The fourth-order valence-electron chi connectivity index (χ4n) is 4.68. The van der Waals surface area contributed by atoms with Crippen molar-refractivity contribution in [3.63, 3.8) is 0 Å². The molecule has 0 bridgehead atoms. The number of anilines is 1. The Morgan fingerprint density at radius 2 is 1.82 bits per heavy atom. The highest BCUT2D eigenvalue weighted by Crippen LogP contribution is 2.31. The Morgan fingerprint density at radius 1 is 1.00 bits per heavy atom. The normalized spacial score (nSPS) is 12.8. The van der Waals surface area contributed by atoms with E-state index >= 15 is 4.39 Å². The monoisotopic (exact) mass is 560 g/mol. The van der Waals surface area contributed by atoms with Gasteiger partial charge in [0.15, 0.2) is 5.82 Å². The molecule has 0 radical (unpaired) electrons. The molecular weight excluding hydrogens is 541 g/mol. The molecule has 0 aliphatic carbocycles. The summed E-state index contributed by atoms with van der Waals surface area (Å²) in [5.41, 5.74) is 3.22. The van der Waals surface area contributed by atoms with Gasteiger partial charge < -0.3 is 4.98 Å². The summed E-state index contributed by atoms with van der Waals surface area (Å²) in [5.74, 6) is -4.40. The number of aromatic nitrogens is 2. The number of sulfonamides is 1. The molecule has 0 unspecified atom stereocenters. The second-order valence-electron chi connectivity index (χ2n) is 9.27. The third-order valence-electron chi connectivity index (χ3n) is 6.76. The predicted octanol–water partition coefficient (Wildman–Crippen LogP) is 6.00. The second-order valence-corrected chi connectivity index (χ2v) is 11.0. The molecular formula is C29H19F3N4O3S. The lowest BCUT2D eigenvalue weighted by molar-refractivity contribution is 0.103. The predicted molar refractivity (Wildman–Crippen MR) is 144 cm³/mol. The Balaban J connectivity index is 1.38. The molecule has 3 heterocycles. The van der Waals surface area contributed by atoms with Crippen LogP contribution in [-0.2, 0) is 16.6 Å². The van der Waals surface area contributed by atoms with E-state index in [1.54, 1.807) is 12.3 Å². The van der Waals surface area contributed by atoms with E-state index < -0.39 is 49.4 Å². The van der Waals surface area contributed by atoms with Crippen LogP contribution < -0.4 is 4.72 Å². The van der Waals surface area contributed by atoms with Gasteiger partial charge in [-0.1, -0.05) is 18.2 Å². The quantitative estimate of drug-likeness (QED) is 0.249. The van der Waals surface area contributed by atoms with E-state index in [1.165, 1.54) is 12.3 Å². The standard InChI is InChI=1S/C29H19F3N4O3S/c1-15-21-9-16(5-6-17(21)12-33-15)18-10-22-23(14-35-29(22)34-13-18)28(37)26-24(31)7-8-25(27(26)32)36-40(38,39)20-4-2-3-19(30)11-20/h2-11,13-14,36H,12H2,1H3,(H,34,35). The highest BCUT2D eigenvalue weighted by atomic mass is 32.2. The molecule has 0 spiro atoms. The molecule has 1 aliphatic rings. The molecule has 0 atom stereocenters. The van der Waals surface area contributed by atoms with E-state index in [1.807, 2.05) is 29.8 Å². The SMILES string of the molecule is CC1=NCc2ccc(-c3cnc4[nH]cc(C(=O)c5c(F)ccc(NS(=O)(=O)c6cccc(F)c6)c5F)c4c3)cc21. The highest BCUT2D eigenvalue weighted by molar-refractivity contribution is 7.92. The molecule has 0 amide bonds. The summed E-state index contributed by atoms with van der Waals surface area (Å²) in [6.45, 7) is 2.54. The molecule has 0 saturated carbocycles. The van der Waals surface area contributed by atoms with Crippen LogP contribution in [0, 0.1) is 17.5 Å². The van der Waals surface area contributed by atoms with Gasteiger partial charge in [-0.15, -0.1) is 0 Å². The van der Waals surface area contributed by atoms with E-state index in [0.29, 0.717) is 23.1 Å². The van der Waals surface area contributed by atoms with E-state index in [0.717, 1.165) is 52.7 Å². The van der Waals surface area contributed by atoms with Gasteiger partial charge in [0, 0.05) is 40.2 Å². The van der Waals surface area contributed by atoms with Crippen LogP contribution in [0.25, 0.3) is 22.2 Å². The van der Waals surface area contributed by atoms with Gasteiger partial charge >= 0.3 is 0 Å². The minimum absolute atomic E-state index is 0.0498. The summed E-state index contributed by atoms with van der Waals surface area (Å²) >= 11 is 0. The number of rotatable bonds is 6. The lowest BCUT2D eigenvalue weighted by Gasteiger charge is -2.12. The lowest BCUT2D eigenvalue weighted by Crippen LogP contribution is -2.16. The van der Waals surface area contributed by atoms with Crippen LogP contribution in [0.1, 0.15) is 34.0 Å². The number of aromatic amines is 1. The van der Waals surface area contributed by atoms with Crippen molar-refractivity contribution in [1.82, 2.24) is 9.97 Å². The number of H-pyrrole nitrogens is 1. The van der Waals surface area contributed by atoms with Crippen molar-refractivity contribution in [1.29, 1.82) is 0 Å². The topological polar surface area (TPSA) is 104 Å². The Bertz CT molecular complexity index is 2000. The second kappa shape index (κ2) is 9.45. The largest absolute Gasteiger partial charge is 0.345 e. The molecule has 2 aromatic heterocycles. The molecule has 200 valence electrons. The van der Waals surface area contributed by atoms with Crippen molar-refractivity contribution in [2.75, 3.05) is 4.72 Å². The van der Waals surface area contributed by atoms with Gasteiger partial charge in [0.1, 0.15) is 17.3 Å². The molecule has 0 saturated heterocycles. The number of pyridine rings is 1. The first-order valence-corrected chi connectivity index (χ1v) is 13.5. The zero-order chi connectivity index (χ0) is 28.2. The number of ketones is 1. The summed E-state index contributed by atoms with van der Waals surface area (Å²) in [6, 6.07) is 13.3. The summed E-state index contributed by atoms with van der Waals surface area (Å²) in [7, 11) is -4.44. The van der Waals surface area contributed by atoms with Crippen molar-refractivity contribution >= 4 is 38.2 Å². The smallest absolute Gasteiger partial charge is 0.262 e. The molecule has 7 nitrogen and oxygen atoms in total. The fraction of sp³-hybridized carbons (Fsp3) is 0.0690. The Labute approximate surface area is 226 Å². The number of hydrogen-bond acceptors (Lipinski definition) is 5. The van der Waals surface area contributed by atoms with Crippen molar-refractivity contribution in [2.45, 2.75) is 18.4 Å². The summed E-state index contributed by atoms with van der Waals surface area (Å²) in [5, 5.41) is 0.331. The first-order valence-electron chi connectivity index (χ1n) is 12.1. The third kappa shape index (κ3) is 4.34. The van der Waals surface area contributed by atoms with Gasteiger partial charge in [-0.2, -0.15) is 0 Å². The third-order valence-corrected chi connectivity index (χ3v) is 8.13. The average Bonchev–Trinajstić information content (AvgIpc) is 3.53. The van der Waals surface area contributed by atoms with Crippen LogP contribution in [0.2, 0.25) is 0 Å². The van der Waals surface area contributed by atoms with Crippen molar-refractivity contribution < 1.29 is 26.4 Å². The molecule has 0 fully saturated rings. The van der Waals surface area contributed by atoms with Crippen LogP contribution in [0.5, 0.6) is 0 Å². The van der Waals surface area contributed by atoms with Crippen LogP contribution in [0.4, 0.5) is 18.9 Å². The van der Waals surface area contributed by atoms with Crippen molar-refractivity contribution in [3.05, 3.63) is 113 Å².